The van der Waals surface area contributed by atoms with Gasteiger partial charge in [-0.1, -0.05) is 6.92 Å². The second-order valence-corrected chi connectivity index (χ2v) is 3.69. The number of aromatic nitrogens is 4. The summed E-state index contributed by atoms with van der Waals surface area (Å²) >= 11 is 0. The van der Waals surface area contributed by atoms with Gasteiger partial charge in [0, 0.05) is 6.42 Å². The van der Waals surface area contributed by atoms with Crippen molar-refractivity contribution >= 4 is 23.9 Å². The van der Waals surface area contributed by atoms with E-state index in [9.17, 15) is 9.59 Å². The predicted octanol–water partition coefficient (Wildman–Crippen LogP) is 0.268. The highest BCUT2D eigenvalue weighted by Crippen LogP contribution is 2.06. The minimum Gasteiger partial charge on any atom is -0.480 e. The van der Waals surface area contributed by atoms with Crippen molar-refractivity contribution in [2.24, 2.45) is 0 Å². The van der Waals surface area contributed by atoms with Gasteiger partial charge in [0.15, 0.2) is 5.52 Å². The van der Waals surface area contributed by atoms with Crippen LogP contribution in [0.25, 0.3) is 5.52 Å². The number of halogens is 1. The van der Waals surface area contributed by atoms with Crippen LogP contribution < -0.4 is 5.56 Å². The van der Waals surface area contributed by atoms with Crippen LogP contribution in [0.3, 0.4) is 0 Å². The summed E-state index contributed by atoms with van der Waals surface area (Å²) in [4.78, 5) is 26.8. The lowest BCUT2D eigenvalue weighted by Crippen LogP contribution is -2.26. The van der Waals surface area contributed by atoms with E-state index in [-0.39, 0.29) is 18.0 Å². The molecule has 1 N–H and O–H groups in total. The molecule has 0 aliphatic carbocycles. The van der Waals surface area contributed by atoms with Crippen LogP contribution in [0, 0.1) is 6.92 Å². The minimum absolute atomic E-state index is 0. The third-order valence-corrected chi connectivity index (χ3v) is 2.49. The van der Waals surface area contributed by atoms with E-state index in [0.717, 1.165) is 4.57 Å². The maximum atomic E-state index is 12.0. The van der Waals surface area contributed by atoms with Crippen LogP contribution in [0.5, 0.6) is 0 Å². The van der Waals surface area contributed by atoms with Crippen molar-refractivity contribution in [1.82, 2.24) is 19.2 Å². The van der Waals surface area contributed by atoms with Crippen molar-refractivity contribution in [3.8, 4) is 0 Å². The van der Waals surface area contributed by atoms with E-state index in [1.165, 1.54) is 10.8 Å². The smallest absolute Gasteiger partial charge is 0.323 e. The standard InChI is InChI=1S/C10H12N4O3.ClH/c1-3-7-12-6(2)9-10(17)13(4-8(15)16)5-11-14(7)9;/h5H,3-4H2,1-2H3,(H,15,16);1H. The van der Waals surface area contributed by atoms with Crippen LogP contribution in [0.2, 0.25) is 0 Å². The number of aliphatic carboxylic acids is 1. The van der Waals surface area contributed by atoms with Crippen LogP contribution in [-0.4, -0.2) is 30.2 Å². The molecule has 2 aromatic heterocycles. The third kappa shape index (κ3) is 2.21. The van der Waals surface area contributed by atoms with E-state index in [4.69, 9.17) is 5.11 Å². The number of carboxylic acids is 1. The van der Waals surface area contributed by atoms with Gasteiger partial charge in [-0.2, -0.15) is 5.10 Å². The Labute approximate surface area is 108 Å². The molecule has 0 unspecified atom stereocenters. The first-order valence-electron chi connectivity index (χ1n) is 5.20. The maximum absolute atomic E-state index is 12.0. The molecule has 18 heavy (non-hydrogen) atoms. The first kappa shape index (κ1) is 14.2. The molecule has 0 fully saturated rings. The fourth-order valence-electron chi connectivity index (χ4n) is 1.74. The van der Waals surface area contributed by atoms with Crippen molar-refractivity contribution in [1.29, 1.82) is 0 Å². The average Bonchev–Trinajstić information content (AvgIpc) is 2.59. The van der Waals surface area contributed by atoms with Gasteiger partial charge < -0.3 is 5.11 Å². The lowest BCUT2D eigenvalue weighted by molar-refractivity contribution is -0.137. The Morgan fingerprint density at radius 2 is 2.17 bits per heavy atom. The molecule has 0 spiro atoms. The van der Waals surface area contributed by atoms with Gasteiger partial charge in [0.05, 0.1) is 5.69 Å². The van der Waals surface area contributed by atoms with Gasteiger partial charge in [-0.05, 0) is 6.92 Å². The fraction of sp³-hybridized carbons (Fsp3) is 0.400. The zero-order valence-corrected chi connectivity index (χ0v) is 10.8. The first-order chi connectivity index (χ1) is 8.04. The van der Waals surface area contributed by atoms with Crippen LogP contribution in [0.15, 0.2) is 11.1 Å². The number of aryl methyl sites for hydroxylation is 2. The molecule has 8 heteroatoms. The van der Waals surface area contributed by atoms with Gasteiger partial charge in [-0.15, -0.1) is 12.4 Å². The van der Waals surface area contributed by atoms with E-state index >= 15 is 0 Å². The van der Waals surface area contributed by atoms with Crippen LogP contribution in [-0.2, 0) is 17.8 Å². The molecule has 0 aliphatic heterocycles. The predicted molar refractivity (Wildman–Crippen MR) is 66.2 cm³/mol. The van der Waals surface area contributed by atoms with E-state index in [1.54, 1.807) is 6.92 Å². The molecule has 0 atom stereocenters. The average molecular weight is 273 g/mol. The highest BCUT2D eigenvalue weighted by atomic mass is 35.5. The molecule has 98 valence electrons. The van der Waals surface area contributed by atoms with Gasteiger partial charge >= 0.3 is 5.97 Å². The van der Waals surface area contributed by atoms with Crippen molar-refractivity contribution in [3.63, 3.8) is 0 Å². The van der Waals surface area contributed by atoms with Crippen molar-refractivity contribution in [3.05, 3.63) is 28.2 Å². The lowest BCUT2D eigenvalue weighted by Gasteiger charge is -2.02. The number of hydrogen-bond acceptors (Lipinski definition) is 4. The summed E-state index contributed by atoms with van der Waals surface area (Å²) in [6, 6.07) is 0. The van der Waals surface area contributed by atoms with Gasteiger partial charge in [0.2, 0.25) is 0 Å². The summed E-state index contributed by atoms with van der Waals surface area (Å²) in [5.41, 5.74) is 0.525. The highest BCUT2D eigenvalue weighted by molar-refractivity contribution is 5.85. The number of rotatable bonds is 3. The fourth-order valence-corrected chi connectivity index (χ4v) is 1.74. The van der Waals surface area contributed by atoms with E-state index in [2.05, 4.69) is 10.1 Å². The lowest BCUT2D eigenvalue weighted by atomic mass is 10.4. The van der Waals surface area contributed by atoms with Gasteiger partial charge in [0.1, 0.15) is 18.7 Å². The molecule has 0 bridgehead atoms. The van der Waals surface area contributed by atoms with Crippen molar-refractivity contribution in [2.75, 3.05) is 0 Å². The highest BCUT2D eigenvalue weighted by Gasteiger charge is 2.13. The van der Waals surface area contributed by atoms with Crippen molar-refractivity contribution < 1.29 is 9.90 Å². The van der Waals surface area contributed by atoms with Gasteiger partial charge in [-0.3, -0.25) is 14.2 Å². The summed E-state index contributed by atoms with van der Waals surface area (Å²) in [5.74, 6) is -0.386. The Morgan fingerprint density at radius 3 is 2.72 bits per heavy atom. The van der Waals surface area contributed by atoms with E-state index < -0.39 is 12.5 Å². The molecule has 0 saturated heterocycles. The zero-order valence-electron chi connectivity index (χ0n) is 9.95. The monoisotopic (exact) mass is 272 g/mol. The quantitative estimate of drug-likeness (QED) is 0.866. The molecular formula is C10H13ClN4O3. The second-order valence-electron chi connectivity index (χ2n) is 3.69. The Kier molecular flexibility index (Phi) is 4.07. The van der Waals surface area contributed by atoms with Gasteiger partial charge in [0.25, 0.3) is 5.56 Å². The maximum Gasteiger partial charge on any atom is 0.323 e. The summed E-state index contributed by atoms with van der Waals surface area (Å²) in [6.45, 7) is 3.23. The zero-order chi connectivity index (χ0) is 12.6. The molecule has 2 rings (SSSR count). The van der Waals surface area contributed by atoms with Crippen LogP contribution in [0.4, 0.5) is 0 Å². The Hall–Kier alpha value is -1.89. The molecule has 0 radical (unpaired) electrons. The number of carbonyl (C=O) groups is 1. The number of imidazole rings is 1. The summed E-state index contributed by atoms with van der Waals surface area (Å²) in [6.07, 6.45) is 1.88. The van der Waals surface area contributed by atoms with Crippen LogP contribution >= 0.6 is 12.4 Å². The summed E-state index contributed by atoms with van der Waals surface area (Å²) in [5, 5.41) is 12.7. The third-order valence-electron chi connectivity index (χ3n) is 2.49. The summed E-state index contributed by atoms with van der Waals surface area (Å²) < 4.78 is 2.53. The summed E-state index contributed by atoms with van der Waals surface area (Å²) in [7, 11) is 0. The molecule has 7 nitrogen and oxygen atoms in total. The number of fused-ring (bicyclic) bond motifs is 1. The normalized spacial score (nSPS) is 10.3. The number of nitrogens with zero attached hydrogens (tertiary/aromatic N) is 4. The first-order valence-corrected chi connectivity index (χ1v) is 5.20. The van der Waals surface area contributed by atoms with Crippen molar-refractivity contribution in [2.45, 2.75) is 26.8 Å². The Morgan fingerprint density at radius 1 is 1.50 bits per heavy atom. The van der Waals surface area contributed by atoms with Crippen LogP contribution in [0.1, 0.15) is 18.4 Å². The van der Waals surface area contributed by atoms with Gasteiger partial charge in [-0.25, -0.2) is 9.50 Å². The second kappa shape index (κ2) is 5.18. The Balaban J connectivity index is 0.00000162. The SMILES string of the molecule is CCc1nc(C)c2c(=O)n(CC(=O)O)cnn12.Cl. The molecular weight excluding hydrogens is 260 g/mol. The molecule has 0 aromatic carbocycles. The molecule has 0 saturated carbocycles. The number of hydrogen-bond donors (Lipinski definition) is 1. The molecule has 2 aromatic rings. The minimum atomic E-state index is -1.08. The molecule has 0 aliphatic rings. The van der Waals surface area contributed by atoms with E-state index in [1.807, 2.05) is 6.92 Å². The van der Waals surface area contributed by atoms with E-state index in [0.29, 0.717) is 23.5 Å². The molecule has 0 amide bonds. The topological polar surface area (TPSA) is 89.5 Å². The number of carboxylic acid groups (broad SMARTS) is 1. The molecule has 2 heterocycles. The largest absolute Gasteiger partial charge is 0.480 e. The Bertz CT molecular complexity index is 646.